The van der Waals surface area contributed by atoms with Crippen molar-refractivity contribution in [2.45, 2.75) is 0 Å². The topological polar surface area (TPSA) is 97.5 Å². The van der Waals surface area contributed by atoms with Crippen molar-refractivity contribution in [1.29, 1.82) is 0 Å². The first-order valence-electron chi connectivity index (χ1n) is 20.0. The third kappa shape index (κ3) is 5.20. The third-order valence-electron chi connectivity index (χ3n) is 11.6. The number of hydrogen-bond acceptors (Lipinski definition) is 9. The zero-order valence-corrected chi connectivity index (χ0v) is 32.2. The van der Waals surface area contributed by atoms with E-state index in [4.69, 9.17) is 33.4 Å². The second-order valence-corrected chi connectivity index (χ2v) is 15.1. The highest BCUT2D eigenvalue weighted by molar-refractivity contribution is 6.09. The Hall–Kier alpha value is -8.56. The molecule has 13 rings (SSSR count). The molecule has 0 saturated carbocycles. The molecular weight excluding hydrogens is 757 g/mol. The van der Waals surface area contributed by atoms with Crippen LogP contribution in [0.15, 0.2) is 195 Å². The van der Waals surface area contributed by atoms with Gasteiger partial charge in [-0.15, -0.1) is 10.2 Å². The number of furan rings is 3. The Morgan fingerprint density at radius 2 is 0.869 bits per heavy atom. The molecule has 0 radical (unpaired) electrons. The van der Waals surface area contributed by atoms with E-state index < -0.39 is 0 Å². The van der Waals surface area contributed by atoms with Crippen LogP contribution in [0.4, 0.5) is 34.4 Å². The van der Waals surface area contributed by atoms with E-state index >= 15 is 0 Å². The Bertz CT molecular complexity index is 3620. The number of para-hydroxylation sites is 2. The Morgan fingerprint density at radius 1 is 0.361 bits per heavy atom. The molecule has 0 fully saturated rings. The van der Waals surface area contributed by atoms with Crippen LogP contribution in [0.2, 0.25) is 0 Å². The Kier molecular flexibility index (Phi) is 7.11. The Morgan fingerprint density at radius 3 is 1.48 bits per heavy atom. The van der Waals surface area contributed by atoms with Gasteiger partial charge in [0.15, 0.2) is 28.3 Å². The van der Waals surface area contributed by atoms with Gasteiger partial charge in [0.2, 0.25) is 5.71 Å². The van der Waals surface area contributed by atoms with Gasteiger partial charge in [0.05, 0.1) is 28.9 Å². The zero-order chi connectivity index (χ0) is 40.0. The van der Waals surface area contributed by atoms with Crippen molar-refractivity contribution in [3.8, 4) is 0 Å². The number of fused-ring (bicyclic) bond motifs is 11. The van der Waals surface area contributed by atoms with Gasteiger partial charge in [-0.1, -0.05) is 109 Å². The van der Waals surface area contributed by atoms with Gasteiger partial charge in [-0.05, 0) is 59.3 Å². The van der Waals surface area contributed by atoms with E-state index in [2.05, 4.69) is 119 Å². The van der Waals surface area contributed by atoms with Gasteiger partial charge in [0, 0.05) is 50.5 Å². The number of anilines is 6. The quantitative estimate of drug-likeness (QED) is 0.163. The molecule has 0 spiro atoms. The van der Waals surface area contributed by atoms with Crippen LogP contribution >= 0.6 is 0 Å². The normalized spacial score (nSPS) is 11.9. The molecule has 61 heavy (non-hydrogen) atoms. The van der Waals surface area contributed by atoms with Crippen molar-refractivity contribution < 1.29 is 13.3 Å². The molecule has 0 aliphatic carbocycles. The van der Waals surface area contributed by atoms with E-state index in [-0.39, 0.29) is 0 Å². The number of benzene rings is 8. The molecule has 9 nitrogen and oxygen atoms in total. The molecule has 286 valence electrons. The molecule has 0 atom stereocenters. The van der Waals surface area contributed by atoms with Crippen LogP contribution in [-0.4, -0.2) is 20.2 Å². The van der Waals surface area contributed by atoms with Crippen LogP contribution in [0.5, 0.6) is 0 Å². The lowest BCUT2D eigenvalue weighted by molar-refractivity contribution is 0.651. The van der Waals surface area contributed by atoms with Gasteiger partial charge in [-0.3, -0.25) is 9.80 Å². The van der Waals surface area contributed by atoms with Gasteiger partial charge >= 0.3 is 0 Å². The minimum atomic E-state index is 0.342. The monoisotopic (exact) mass is 786 g/mol. The van der Waals surface area contributed by atoms with Gasteiger partial charge in [0.1, 0.15) is 22.3 Å². The van der Waals surface area contributed by atoms with Crippen molar-refractivity contribution in [3.63, 3.8) is 0 Å². The highest BCUT2D eigenvalue weighted by Crippen LogP contribution is 2.44. The van der Waals surface area contributed by atoms with Crippen molar-refractivity contribution in [3.05, 3.63) is 182 Å². The number of aromatic nitrogens is 4. The van der Waals surface area contributed by atoms with E-state index in [0.717, 1.165) is 88.2 Å². The Labute approximate surface area is 346 Å². The fourth-order valence-electron chi connectivity index (χ4n) is 8.83. The first-order valence-corrected chi connectivity index (χ1v) is 20.0. The fraction of sp³-hybridized carbons (Fsp3) is 0. The van der Waals surface area contributed by atoms with Crippen molar-refractivity contribution in [2.24, 2.45) is 0 Å². The summed E-state index contributed by atoms with van der Waals surface area (Å²) in [4.78, 5) is 14.3. The molecule has 8 aromatic carbocycles. The first kappa shape index (κ1) is 33.4. The summed E-state index contributed by atoms with van der Waals surface area (Å²) in [5, 5.41) is 18.2. The molecule has 5 aromatic heterocycles. The van der Waals surface area contributed by atoms with E-state index in [9.17, 15) is 0 Å². The lowest BCUT2D eigenvalue weighted by Gasteiger charge is -2.25. The smallest absolute Gasteiger partial charge is 0.250 e. The summed E-state index contributed by atoms with van der Waals surface area (Å²) < 4.78 is 19.3. The van der Waals surface area contributed by atoms with Gasteiger partial charge in [-0.2, -0.15) is 4.98 Å². The lowest BCUT2D eigenvalue weighted by atomic mass is 10.1. The highest BCUT2D eigenvalue weighted by Gasteiger charge is 2.24. The number of rotatable bonds is 6. The minimum Gasteiger partial charge on any atom is -0.456 e. The SMILES string of the molecule is c1ccc2c(N(c3ccc4c(c3)oc3ccccc34)c3cc4oc5nc(N(c6ccc7c(c6)oc6ccccc67)c6cccc7ccccc67)cnc5c4nn3)cccc2c1. The third-order valence-corrected chi connectivity index (χ3v) is 11.6. The highest BCUT2D eigenvalue weighted by atomic mass is 16.3. The average Bonchev–Trinajstić information content (AvgIpc) is 3.99. The van der Waals surface area contributed by atoms with E-state index in [1.807, 2.05) is 66.7 Å². The molecule has 9 heteroatoms. The molecule has 0 N–H and O–H groups in total. The molecule has 0 aliphatic heterocycles. The molecule has 0 aliphatic rings. The predicted molar refractivity (Wildman–Crippen MR) is 244 cm³/mol. The van der Waals surface area contributed by atoms with Gasteiger partial charge in [0.25, 0.3) is 0 Å². The lowest BCUT2D eigenvalue weighted by Crippen LogP contribution is -2.12. The van der Waals surface area contributed by atoms with Gasteiger partial charge in [-0.25, -0.2) is 4.98 Å². The molecule has 13 aromatic rings. The summed E-state index contributed by atoms with van der Waals surface area (Å²) >= 11 is 0. The average molecular weight is 787 g/mol. The summed E-state index contributed by atoms with van der Waals surface area (Å²) in [6, 6.07) is 59.8. The fourth-order valence-corrected chi connectivity index (χ4v) is 8.83. The summed E-state index contributed by atoms with van der Waals surface area (Å²) in [6.07, 6.45) is 1.77. The maximum atomic E-state index is 6.61. The number of nitrogens with zero attached hydrogens (tertiary/aromatic N) is 6. The zero-order valence-electron chi connectivity index (χ0n) is 32.2. The predicted octanol–water partition coefficient (Wildman–Crippen LogP) is 14.2. The van der Waals surface area contributed by atoms with E-state index in [0.29, 0.717) is 34.0 Å². The molecule has 5 heterocycles. The van der Waals surface area contributed by atoms with Crippen LogP contribution in [0.25, 0.3) is 87.8 Å². The maximum absolute atomic E-state index is 6.61. The second-order valence-electron chi connectivity index (χ2n) is 15.1. The Balaban J connectivity index is 0.981. The van der Waals surface area contributed by atoms with Crippen LogP contribution in [0.1, 0.15) is 0 Å². The minimum absolute atomic E-state index is 0.342. The summed E-state index contributed by atoms with van der Waals surface area (Å²) in [7, 11) is 0. The van der Waals surface area contributed by atoms with Gasteiger partial charge < -0.3 is 13.3 Å². The number of hydrogen-bond donors (Lipinski definition) is 0. The molecule has 0 bridgehead atoms. The first-order chi connectivity index (χ1) is 30.2. The largest absolute Gasteiger partial charge is 0.456 e. The van der Waals surface area contributed by atoms with E-state index in [1.54, 1.807) is 6.20 Å². The molecular formula is C52H30N6O3. The molecule has 0 unspecified atom stereocenters. The van der Waals surface area contributed by atoms with Crippen LogP contribution in [0.3, 0.4) is 0 Å². The van der Waals surface area contributed by atoms with Crippen molar-refractivity contribution in [1.82, 2.24) is 20.2 Å². The summed E-state index contributed by atoms with van der Waals surface area (Å²) in [6.45, 7) is 0. The van der Waals surface area contributed by atoms with E-state index in [1.165, 1.54) is 0 Å². The van der Waals surface area contributed by atoms with Crippen molar-refractivity contribution in [2.75, 3.05) is 9.80 Å². The van der Waals surface area contributed by atoms with Crippen molar-refractivity contribution >= 4 is 122 Å². The van der Waals surface area contributed by atoms with Crippen LogP contribution in [0, 0.1) is 0 Å². The summed E-state index contributed by atoms with van der Waals surface area (Å²) in [5.41, 5.74) is 8.71. The maximum Gasteiger partial charge on any atom is 0.250 e. The second kappa shape index (κ2) is 13.0. The molecule has 0 saturated heterocycles. The van der Waals surface area contributed by atoms with Crippen LogP contribution in [-0.2, 0) is 0 Å². The standard InChI is InChI=1S/C52H30N6O3/c1-3-15-35-31(11-1)13-9-19-41(35)57(33-23-25-39-37-17-5-7-21-43(37)59-45(39)27-33)48-29-47-50(56-55-48)51-52(61-47)54-49(30-53-51)58(42-20-10-14-32-12-2-4-16-36(32)42)34-24-26-40-38-18-6-8-22-44(38)60-46(40)28-34/h1-30H. The summed E-state index contributed by atoms with van der Waals surface area (Å²) in [5.74, 6) is 1.14. The van der Waals surface area contributed by atoms with Crippen LogP contribution < -0.4 is 9.80 Å². The molecule has 0 amide bonds.